The summed E-state index contributed by atoms with van der Waals surface area (Å²) in [5.74, 6) is 1.85. The minimum atomic E-state index is -0.125. The predicted octanol–water partition coefficient (Wildman–Crippen LogP) is 2.90. The van der Waals surface area contributed by atoms with Crippen LogP contribution in [-0.4, -0.2) is 29.1 Å². The van der Waals surface area contributed by atoms with Gasteiger partial charge in [-0.3, -0.25) is 10.1 Å². The van der Waals surface area contributed by atoms with Crippen LogP contribution in [0.3, 0.4) is 0 Å². The molecule has 3 saturated carbocycles. The van der Waals surface area contributed by atoms with E-state index in [2.05, 4.69) is 24.1 Å². The predicted molar refractivity (Wildman–Crippen MR) is 79.1 cm³/mol. The Hall–Kier alpha value is -0.570. The molecule has 1 unspecified atom stereocenters. The van der Waals surface area contributed by atoms with E-state index in [9.17, 15) is 4.79 Å². The number of nitrogens with one attached hydrogen (secondary N) is 1. The van der Waals surface area contributed by atoms with Crippen molar-refractivity contribution in [2.45, 2.75) is 76.9 Å². The number of hydrogen-bond donors (Lipinski definition) is 1. The summed E-state index contributed by atoms with van der Waals surface area (Å²) < 4.78 is 0. The van der Waals surface area contributed by atoms with Crippen LogP contribution in [0.25, 0.3) is 0 Å². The molecule has 3 aliphatic carbocycles. The van der Waals surface area contributed by atoms with Gasteiger partial charge in [-0.1, -0.05) is 26.7 Å². The van der Waals surface area contributed by atoms with Gasteiger partial charge in [-0.25, -0.2) is 0 Å². The van der Waals surface area contributed by atoms with Crippen LogP contribution < -0.4 is 5.32 Å². The zero-order chi connectivity index (χ0) is 14.0. The zero-order valence-electron chi connectivity index (χ0n) is 13.0. The Balaban J connectivity index is 1.55. The molecule has 1 spiro atoms. The number of rotatable bonds is 4. The Bertz CT molecular complexity index is 417. The highest BCUT2D eigenvalue weighted by molar-refractivity contribution is 5.92. The Morgan fingerprint density at radius 1 is 1.20 bits per heavy atom. The van der Waals surface area contributed by atoms with Crippen molar-refractivity contribution in [3.8, 4) is 0 Å². The van der Waals surface area contributed by atoms with Crippen LogP contribution >= 0.6 is 0 Å². The molecule has 0 aromatic heterocycles. The average molecular weight is 276 g/mol. The first-order valence-corrected chi connectivity index (χ1v) is 8.65. The molecule has 4 rings (SSSR count). The molecule has 0 aromatic carbocycles. The number of nitrogens with zero attached hydrogens (tertiary/aromatic N) is 1. The summed E-state index contributed by atoms with van der Waals surface area (Å²) in [4.78, 5) is 15.1. The summed E-state index contributed by atoms with van der Waals surface area (Å²) in [5, 5.41) is 3.75. The first kappa shape index (κ1) is 13.1. The second kappa shape index (κ2) is 4.22. The summed E-state index contributed by atoms with van der Waals surface area (Å²) in [7, 11) is 0. The first-order valence-electron chi connectivity index (χ1n) is 8.65. The van der Waals surface area contributed by atoms with E-state index in [4.69, 9.17) is 0 Å². The van der Waals surface area contributed by atoms with Gasteiger partial charge in [-0.2, -0.15) is 0 Å². The molecular formula is C17H28N2O. The van der Waals surface area contributed by atoms with Crippen LogP contribution in [0.2, 0.25) is 0 Å². The molecule has 3 heteroatoms. The maximum absolute atomic E-state index is 12.8. The van der Waals surface area contributed by atoms with Crippen molar-refractivity contribution in [3.63, 3.8) is 0 Å². The van der Waals surface area contributed by atoms with Gasteiger partial charge in [-0.15, -0.1) is 0 Å². The Morgan fingerprint density at radius 2 is 1.85 bits per heavy atom. The highest BCUT2D eigenvalue weighted by Gasteiger charge is 2.62. The molecule has 4 fully saturated rings. The topological polar surface area (TPSA) is 32.3 Å². The number of hydrogen-bond acceptors (Lipinski definition) is 2. The number of carbonyl (C=O) groups is 1. The van der Waals surface area contributed by atoms with E-state index < -0.39 is 0 Å². The monoisotopic (exact) mass is 276 g/mol. The van der Waals surface area contributed by atoms with Gasteiger partial charge in [0.05, 0.1) is 11.7 Å². The van der Waals surface area contributed by atoms with E-state index in [1.54, 1.807) is 0 Å². The number of amides is 1. The molecule has 1 aliphatic heterocycles. The van der Waals surface area contributed by atoms with Crippen LogP contribution in [0.4, 0.5) is 0 Å². The SMILES string of the molecule is CC(C)C1(CN2C(=O)C3(CC3)NC2C2CCCC2)CC1. The maximum atomic E-state index is 12.8. The van der Waals surface area contributed by atoms with Crippen LogP contribution in [0.15, 0.2) is 0 Å². The lowest BCUT2D eigenvalue weighted by molar-refractivity contribution is -0.132. The van der Waals surface area contributed by atoms with Crippen LogP contribution in [0.5, 0.6) is 0 Å². The van der Waals surface area contributed by atoms with E-state index in [0.717, 1.165) is 19.4 Å². The van der Waals surface area contributed by atoms with E-state index >= 15 is 0 Å². The van der Waals surface area contributed by atoms with Crippen molar-refractivity contribution < 1.29 is 4.79 Å². The second-order valence-electron chi connectivity index (χ2n) is 8.17. The smallest absolute Gasteiger partial charge is 0.244 e. The third kappa shape index (κ3) is 1.85. The lowest BCUT2D eigenvalue weighted by Gasteiger charge is -2.33. The van der Waals surface area contributed by atoms with E-state index in [1.807, 2.05) is 0 Å². The van der Waals surface area contributed by atoms with Gasteiger partial charge in [0.15, 0.2) is 0 Å². The summed E-state index contributed by atoms with van der Waals surface area (Å²) in [5.41, 5.74) is 0.314. The van der Waals surface area contributed by atoms with E-state index in [0.29, 0.717) is 29.3 Å². The quantitative estimate of drug-likeness (QED) is 0.856. The lowest BCUT2D eigenvalue weighted by Crippen LogP contribution is -2.45. The molecule has 20 heavy (non-hydrogen) atoms. The molecule has 1 saturated heterocycles. The molecule has 1 atom stereocenters. The molecule has 1 heterocycles. The summed E-state index contributed by atoms with van der Waals surface area (Å²) in [6.07, 6.45) is 10.5. The Kier molecular flexibility index (Phi) is 2.77. The standard InChI is InChI=1S/C17H28N2O/c1-12(2)16(7-8-16)11-19-14(13-5-3-4-6-13)18-17(9-10-17)15(19)20/h12-14,18H,3-11H2,1-2H3. The van der Waals surface area contributed by atoms with Gasteiger partial charge in [0.1, 0.15) is 0 Å². The van der Waals surface area contributed by atoms with E-state index in [-0.39, 0.29) is 5.54 Å². The first-order chi connectivity index (χ1) is 9.56. The average Bonchev–Trinajstić information content (AvgIpc) is 3.30. The largest absolute Gasteiger partial charge is 0.325 e. The minimum absolute atomic E-state index is 0.125. The highest BCUT2D eigenvalue weighted by atomic mass is 16.2. The fraction of sp³-hybridized carbons (Fsp3) is 0.941. The number of carbonyl (C=O) groups excluding carboxylic acids is 1. The van der Waals surface area contributed by atoms with E-state index in [1.165, 1.54) is 38.5 Å². The van der Waals surface area contributed by atoms with Gasteiger partial charge >= 0.3 is 0 Å². The summed E-state index contributed by atoms with van der Waals surface area (Å²) in [6, 6.07) is 0. The molecule has 112 valence electrons. The highest BCUT2D eigenvalue weighted by Crippen LogP contribution is 2.54. The normalized spacial score (nSPS) is 34.5. The van der Waals surface area contributed by atoms with Crippen molar-refractivity contribution in [1.29, 1.82) is 0 Å². The fourth-order valence-corrected chi connectivity index (χ4v) is 4.54. The molecule has 1 N–H and O–H groups in total. The van der Waals surface area contributed by atoms with Crippen molar-refractivity contribution >= 4 is 5.91 Å². The van der Waals surface area contributed by atoms with Crippen LogP contribution in [0.1, 0.15) is 65.2 Å². The van der Waals surface area contributed by atoms with Crippen LogP contribution in [-0.2, 0) is 4.79 Å². The minimum Gasteiger partial charge on any atom is -0.325 e. The fourth-order valence-electron chi connectivity index (χ4n) is 4.54. The van der Waals surface area contributed by atoms with Crippen molar-refractivity contribution in [2.75, 3.05) is 6.54 Å². The second-order valence-corrected chi connectivity index (χ2v) is 8.17. The maximum Gasteiger partial charge on any atom is 0.244 e. The van der Waals surface area contributed by atoms with Crippen molar-refractivity contribution in [3.05, 3.63) is 0 Å². The molecule has 3 nitrogen and oxygen atoms in total. The Morgan fingerprint density at radius 3 is 2.35 bits per heavy atom. The molecule has 1 amide bonds. The van der Waals surface area contributed by atoms with Gasteiger partial charge in [0.2, 0.25) is 5.91 Å². The Labute approximate surface area is 122 Å². The van der Waals surface area contributed by atoms with Gasteiger partial charge in [-0.05, 0) is 55.8 Å². The zero-order valence-corrected chi connectivity index (χ0v) is 13.0. The van der Waals surface area contributed by atoms with Gasteiger partial charge < -0.3 is 4.90 Å². The van der Waals surface area contributed by atoms with Crippen molar-refractivity contribution in [2.24, 2.45) is 17.3 Å². The lowest BCUT2D eigenvalue weighted by atomic mass is 9.91. The van der Waals surface area contributed by atoms with Crippen LogP contribution in [0, 0.1) is 17.3 Å². The molecular weight excluding hydrogens is 248 g/mol. The molecule has 4 aliphatic rings. The molecule has 0 bridgehead atoms. The molecule has 0 aromatic rings. The van der Waals surface area contributed by atoms with Crippen molar-refractivity contribution in [1.82, 2.24) is 10.2 Å². The molecule has 0 radical (unpaired) electrons. The van der Waals surface area contributed by atoms with Gasteiger partial charge in [0, 0.05) is 6.54 Å². The third-order valence-corrected chi connectivity index (χ3v) is 6.63. The summed E-state index contributed by atoms with van der Waals surface area (Å²) in [6.45, 7) is 5.68. The summed E-state index contributed by atoms with van der Waals surface area (Å²) >= 11 is 0. The van der Waals surface area contributed by atoms with Gasteiger partial charge in [0.25, 0.3) is 0 Å². The third-order valence-electron chi connectivity index (χ3n) is 6.63.